The predicted molar refractivity (Wildman–Crippen MR) is 59.7 cm³/mol. The molecule has 1 fully saturated rings. The molecule has 1 aliphatic rings. The highest BCUT2D eigenvalue weighted by atomic mass is 15.4. The van der Waals surface area contributed by atoms with Gasteiger partial charge in [-0.15, -0.1) is 5.10 Å². The Morgan fingerprint density at radius 1 is 1.60 bits per heavy atom. The molecule has 0 bridgehead atoms. The van der Waals surface area contributed by atoms with Gasteiger partial charge in [-0.1, -0.05) is 19.1 Å². The molecule has 0 aliphatic carbocycles. The van der Waals surface area contributed by atoms with Crippen LogP contribution in [-0.2, 0) is 6.42 Å². The smallest absolute Gasteiger partial charge is 0.0725 e. The highest BCUT2D eigenvalue weighted by Gasteiger charge is 2.18. The Kier molecular flexibility index (Phi) is 3.36. The molecule has 2 heterocycles. The highest BCUT2D eigenvalue weighted by molar-refractivity contribution is 4.97. The summed E-state index contributed by atoms with van der Waals surface area (Å²) in [6, 6.07) is 0.509. The van der Waals surface area contributed by atoms with E-state index in [-0.39, 0.29) is 0 Å². The van der Waals surface area contributed by atoms with Crippen LogP contribution in [0.3, 0.4) is 0 Å². The number of aromatic nitrogens is 3. The van der Waals surface area contributed by atoms with E-state index in [9.17, 15) is 0 Å². The van der Waals surface area contributed by atoms with Gasteiger partial charge in [-0.25, -0.2) is 4.68 Å². The molecule has 15 heavy (non-hydrogen) atoms. The number of nitrogens with zero attached hydrogens (tertiary/aromatic N) is 3. The molecule has 1 saturated heterocycles. The molecule has 2 rings (SSSR count). The van der Waals surface area contributed by atoms with Crippen molar-refractivity contribution in [1.29, 1.82) is 0 Å². The van der Waals surface area contributed by atoms with Gasteiger partial charge in [0.2, 0.25) is 0 Å². The van der Waals surface area contributed by atoms with Gasteiger partial charge in [0.05, 0.1) is 17.9 Å². The quantitative estimate of drug-likeness (QED) is 0.816. The third kappa shape index (κ3) is 2.56. The van der Waals surface area contributed by atoms with Gasteiger partial charge in [-0.2, -0.15) is 0 Å². The fourth-order valence-electron chi connectivity index (χ4n) is 2.18. The second-order valence-electron chi connectivity index (χ2n) is 4.77. The van der Waals surface area contributed by atoms with Crippen molar-refractivity contribution in [2.24, 2.45) is 5.92 Å². The standard InChI is InChI=1S/C11H20N4/c1-9(2)6-11-8-13-14-15(11)10-4-3-5-12-7-10/h8-10,12H,3-7H2,1-2H3. The van der Waals surface area contributed by atoms with E-state index in [0.717, 1.165) is 19.5 Å². The Morgan fingerprint density at radius 2 is 2.47 bits per heavy atom. The van der Waals surface area contributed by atoms with E-state index >= 15 is 0 Å². The molecule has 1 aromatic heterocycles. The summed E-state index contributed by atoms with van der Waals surface area (Å²) >= 11 is 0. The van der Waals surface area contributed by atoms with Crippen LogP contribution < -0.4 is 5.32 Å². The van der Waals surface area contributed by atoms with Crippen LogP contribution in [0, 0.1) is 5.92 Å². The lowest BCUT2D eigenvalue weighted by molar-refractivity contribution is 0.330. The summed E-state index contributed by atoms with van der Waals surface area (Å²) in [5.41, 5.74) is 1.28. The molecule has 0 radical (unpaired) electrons. The van der Waals surface area contributed by atoms with Gasteiger partial charge >= 0.3 is 0 Å². The first-order chi connectivity index (χ1) is 7.27. The molecular weight excluding hydrogens is 188 g/mol. The zero-order chi connectivity index (χ0) is 10.7. The fourth-order valence-corrected chi connectivity index (χ4v) is 2.18. The van der Waals surface area contributed by atoms with Crippen LogP contribution in [0.15, 0.2) is 6.20 Å². The van der Waals surface area contributed by atoms with Crippen LogP contribution in [0.4, 0.5) is 0 Å². The third-order valence-corrected chi connectivity index (χ3v) is 2.88. The molecule has 0 aromatic carbocycles. The molecule has 1 aromatic rings. The first-order valence-corrected chi connectivity index (χ1v) is 5.87. The fraction of sp³-hybridized carbons (Fsp3) is 0.818. The van der Waals surface area contributed by atoms with Crippen LogP contribution in [-0.4, -0.2) is 28.1 Å². The van der Waals surface area contributed by atoms with Crippen molar-refractivity contribution in [3.05, 3.63) is 11.9 Å². The number of hydrogen-bond acceptors (Lipinski definition) is 3. The molecule has 1 aliphatic heterocycles. The number of hydrogen-bond donors (Lipinski definition) is 1. The lowest BCUT2D eigenvalue weighted by Gasteiger charge is -2.24. The van der Waals surface area contributed by atoms with E-state index in [0.29, 0.717) is 12.0 Å². The third-order valence-electron chi connectivity index (χ3n) is 2.88. The van der Waals surface area contributed by atoms with Crippen molar-refractivity contribution >= 4 is 0 Å². The summed E-state index contributed by atoms with van der Waals surface area (Å²) in [5.74, 6) is 0.666. The second kappa shape index (κ2) is 4.75. The lowest BCUT2D eigenvalue weighted by Crippen LogP contribution is -2.33. The average Bonchev–Trinajstić information content (AvgIpc) is 2.66. The Labute approximate surface area is 91.1 Å². The Hall–Kier alpha value is -0.900. The van der Waals surface area contributed by atoms with E-state index in [1.807, 2.05) is 6.20 Å². The number of piperidine rings is 1. The maximum Gasteiger partial charge on any atom is 0.0725 e. The van der Waals surface area contributed by atoms with Crippen LogP contribution in [0.25, 0.3) is 0 Å². The van der Waals surface area contributed by atoms with E-state index in [1.54, 1.807) is 0 Å². The average molecular weight is 208 g/mol. The predicted octanol–water partition coefficient (Wildman–Crippen LogP) is 1.40. The van der Waals surface area contributed by atoms with Crippen molar-refractivity contribution in [3.63, 3.8) is 0 Å². The molecule has 0 amide bonds. The summed E-state index contributed by atoms with van der Waals surface area (Å²) in [4.78, 5) is 0. The van der Waals surface area contributed by atoms with E-state index in [1.165, 1.54) is 18.5 Å². The van der Waals surface area contributed by atoms with Gasteiger partial charge < -0.3 is 5.32 Å². The van der Waals surface area contributed by atoms with Gasteiger partial charge in [-0.05, 0) is 31.7 Å². The first-order valence-electron chi connectivity index (χ1n) is 5.87. The molecule has 0 spiro atoms. The zero-order valence-corrected chi connectivity index (χ0v) is 9.61. The van der Waals surface area contributed by atoms with Gasteiger partial charge in [0, 0.05) is 6.54 Å². The highest BCUT2D eigenvalue weighted by Crippen LogP contribution is 2.18. The monoisotopic (exact) mass is 208 g/mol. The summed E-state index contributed by atoms with van der Waals surface area (Å²) in [6.45, 7) is 6.64. The summed E-state index contributed by atoms with van der Waals surface area (Å²) in [6.07, 6.45) is 5.45. The van der Waals surface area contributed by atoms with E-state index in [4.69, 9.17) is 0 Å². The number of rotatable bonds is 3. The zero-order valence-electron chi connectivity index (χ0n) is 9.61. The van der Waals surface area contributed by atoms with E-state index < -0.39 is 0 Å². The summed E-state index contributed by atoms with van der Waals surface area (Å²) in [5, 5.41) is 11.7. The minimum absolute atomic E-state index is 0.509. The topological polar surface area (TPSA) is 42.7 Å². The van der Waals surface area contributed by atoms with Crippen molar-refractivity contribution < 1.29 is 0 Å². The molecular formula is C11H20N4. The van der Waals surface area contributed by atoms with Crippen LogP contribution in [0.2, 0.25) is 0 Å². The second-order valence-corrected chi connectivity index (χ2v) is 4.77. The first kappa shape index (κ1) is 10.6. The van der Waals surface area contributed by atoms with Crippen LogP contribution >= 0.6 is 0 Å². The van der Waals surface area contributed by atoms with Gasteiger partial charge in [0.25, 0.3) is 0 Å². The summed E-state index contributed by atoms with van der Waals surface area (Å²) in [7, 11) is 0. The molecule has 4 heteroatoms. The normalized spacial score (nSPS) is 22.2. The largest absolute Gasteiger partial charge is 0.315 e. The summed E-state index contributed by atoms with van der Waals surface area (Å²) < 4.78 is 2.12. The van der Waals surface area contributed by atoms with E-state index in [2.05, 4.69) is 34.2 Å². The molecule has 0 saturated carbocycles. The minimum atomic E-state index is 0.509. The Balaban J connectivity index is 2.09. The van der Waals surface area contributed by atoms with Gasteiger partial charge in [-0.3, -0.25) is 0 Å². The van der Waals surface area contributed by atoms with Crippen LogP contribution in [0.1, 0.15) is 38.4 Å². The van der Waals surface area contributed by atoms with Crippen molar-refractivity contribution in [3.8, 4) is 0 Å². The van der Waals surface area contributed by atoms with Gasteiger partial charge in [0.1, 0.15) is 0 Å². The minimum Gasteiger partial charge on any atom is -0.315 e. The Morgan fingerprint density at radius 3 is 3.13 bits per heavy atom. The van der Waals surface area contributed by atoms with Crippen LogP contribution in [0.5, 0.6) is 0 Å². The molecule has 4 nitrogen and oxygen atoms in total. The van der Waals surface area contributed by atoms with Crippen molar-refractivity contribution in [2.45, 2.75) is 39.2 Å². The maximum absolute atomic E-state index is 4.22. The molecule has 84 valence electrons. The molecule has 1 atom stereocenters. The molecule has 1 N–H and O–H groups in total. The lowest BCUT2D eigenvalue weighted by atomic mass is 10.1. The Bertz CT molecular complexity index is 299. The van der Waals surface area contributed by atoms with Gasteiger partial charge in [0.15, 0.2) is 0 Å². The maximum atomic E-state index is 4.22. The molecule has 1 unspecified atom stereocenters. The van der Waals surface area contributed by atoms with Crippen molar-refractivity contribution in [2.75, 3.05) is 13.1 Å². The number of nitrogens with one attached hydrogen (secondary N) is 1. The SMILES string of the molecule is CC(C)Cc1cnnn1C1CCCNC1. The van der Waals surface area contributed by atoms with Crippen molar-refractivity contribution in [1.82, 2.24) is 20.3 Å².